The Morgan fingerprint density at radius 1 is 0.975 bits per heavy atom. The molecule has 0 aliphatic heterocycles. The smallest absolute Gasteiger partial charge is 0.407 e. The summed E-state index contributed by atoms with van der Waals surface area (Å²) in [5.74, 6) is -0.474. The molecule has 4 N–H and O–H groups in total. The van der Waals surface area contributed by atoms with Crippen LogP contribution in [-0.4, -0.2) is 31.2 Å². The summed E-state index contributed by atoms with van der Waals surface area (Å²) in [7, 11) is 0. The van der Waals surface area contributed by atoms with Crippen molar-refractivity contribution >= 4 is 41.1 Å². The molecule has 0 fully saturated rings. The van der Waals surface area contributed by atoms with Crippen LogP contribution in [-0.2, 0) is 9.53 Å². The summed E-state index contributed by atoms with van der Waals surface area (Å²) < 4.78 is 10.9. The number of benzene rings is 3. The summed E-state index contributed by atoms with van der Waals surface area (Å²) in [4.78, 5) is 37.9. The standard InChI is InChI=1S/C31H31N3O5.ClH/c1-19-16-29(35)39-28-17-20(13-14-21(19)28)33-30(36)27(12-6-7-15-32)34-31(37)38-18-26-24-10-4-2-8-22(24)23-9-3-5-11-25(23)26;/h2-5,8-11,13-14,16-17,26-27H,6-7,12,15,18,32H2,1H3,(H,33,36)(H,34,37);1H/t27-;/m0./s1. The molecule has 9 heteroatoms. The second-order valence-electron chi connectivity index (χ2n) is 9.76. The number of anilines is 1. The van der Waals surface area contributed by atoms with Crippen LogP contribution in [0.25, 0.3) is 22.1 Å². The van der Waals surface area contributed by atoms with Gasteiger partial charge < -0.3 is 25.5 Å². The summed E-state index contributed by atoms with van der Waals surface area (Å²) in [6.45, 7) is 2.46. The third-order valence-corrected chi connectivity index (χ3v) is 7.12. The normalized spacial score (nSPS) is 12.7. The number of nitrogens with one attached hydrogen (secondary N) is 2. The number of hydrogen-bond acceptors (Lipinski definition) is 6. The molecule has 1 aromatic heterocycles. The zero-order chi connectivity index (χ0) is 27.4. The third-order valence-electron chi connectivity index (χ3n) is 7.12. The van der Waals surface area contributed by atoms with E-state index in [-0.39, 0.29) is 24.9 Å². The fourth-order valence-corrected chi connectivity index (χ4v) is 5.18. The zero-order valence-corrected chi connectivity index (χ0v) is 23.0. The molecule has 3 aromatic carbocycles. The van der Waals surface area contributed by atoms with Crippen molar-refractivity contribution < 1.29 is 18.7 Å². The fraction of sp³-hybridized carbons (Fsp3) is 0.258. The van der Waals surface area contributed by atoms with E-state index in [1.165, 1.54) is 6.07 Å². The molecular formula is C31H32ClN3O5. The first-order chi connectivity index (χ1) is 18.9. The molecule has 2 amide bonds. The number of rotatable bonds is 9. The molecule has 208 valence electrons. The number of alkyl carbamates (subject to hydrolysis) is 1. The Bertz CT molecular complexity index is 1540. The van der Waals surface area contributed by atoms with Crippen molar-refractivity contribution in [2.45, 2.75) is 38.1 Å². The van der Waals surface area contributed by atoms with E-state index >= 15 is 0 Å². The first kappa shape index (κ1) is 28.9. The first-order valence-electron chi connectivity index (χ1n) is 13.1. The lowest BCUT2D eigenvalue weighted by Crippen LogP contribution is -2.44. The summed E-state index contributed by atoms with van der Waals surface area (Å²) >= 11 is 0. The van der Waals surface area contributed by atoms with Crippen molar-refractivity contribution in [1.29, 1.82) is 0 Å². The van der Waals surface area contributed by atoms with Gasteiger partial charge in [-0.2, -0.15) is 0 Å². The van der Waals surface area contributed by atoms with Crippen molar-refractivity contribution in [2.75, 3.05) is 18.5 Å². The number of ether oxygens (including phenoxy) is 1. The van der Waals surface area contributed by atoms with Gasteiger partial charge in [-0.05, 0) is 72.7 Å². The number of hydrogen-bond donors (Lipinski definition) is 3. The molecule has 0 unspecified atom stereocenters. The van der Waals surface area contributed by atoms with E-state index in [2.05, 4.69) is 34.9 Å². The van der Waals surface area contributed by atoms with E-state index in [4.69, 9.17) is 14.9 Å². The zero-order valence-electron chi connectivity index (χ0n) is 22.1. The number of carbonyl (C=O) groups excluding carboxylic acids is 2. The molecule has 1 heterocycles. The minimum Gasteiger partial charge on any atom is -0.449 e. The lowest BCUT2D eigenvalue weighted by Gasteiger charge is -2.20. The van der Waals surface area contributed by atoms with Gasteiger partial charge >= 0.3 is 11.7 Å². The van der Waals surface area contributed by atoms with Crippen molar-refractivity contribution in [2.24, 2.45) is 5.73 Å². The summed E-state index contributed by atoms with van der Waals surface area (Å²) in [6, 6.07) is 21.9. The van der Waals surface area contributed by atoms with Gasteiger partial charge in [-0.15, -0.1) is 12.4 Å². The average Bonchev–Trinajstić information content (AvgIpc) is 3.24. The van der Waals surface area contributed by atoms with E-state index in [9.17, 15) is 14.4 Å². The van der Waals surface area contributed by atoms with Gasteiger partial charge in [-0.25, -0.2) is 9.59 Å². The van der Waals surface area contributed by atoms with Gasteiger partial charge in [0.25, 0.3) is 0 Å². The molecule has 1 aliphatic rings. The van der Waals surface area contributed by atoms with Crippen LogP contribution in [0.4, 0.5) is 10.5 Å². The van der Waals surface area contributed by atoms with Crippen LogP contribution < -0.4 is 22.0 Å². The van der Waals surface area contributed by atoms with E-state index < -0.39 is 23.7 Å². The fourth-order valence-electron chi connectivity index (χ4n) is 5.18. The molecule has 5 rings (SSSR count). The molecule has 40 heavy (non-hydrogen) atoms. The minimum absolute atomic E-state index is 0. The predicted molar refractivity (Wildman–Crippen MR) is 158 cm³/mol. The van der Waals surface area contributed by atoms with Gasteiger partial charge in [0.2, 0.25) is 5.91 Å². The van der Waals surface area contributed by atoms with Gasteiger partial charge in [-0.3, -0.25) is 4.79 Å². The Labute approximate surface area is 238 Å². The monoisotopic (exact) mass is 561 g/mol. The first-order valence-corrected chi connectivity index (χ1v) is 13.1. The van der Waals surface area contributed by atoms with Crippen LogP contribution in [0.2, 0.25) is 0 Å². The summed E-state index contributed by atoms with van der Waals surface area (Å²) in [5.41, 5.74) is 11.3. The second kappa shape index (κ2) is 12.8. The third kappa shape index (κ3) is 6.19. The quantitative estimate of drug-likeness (QED) is 0.183. The molecule has 1 atom stereocenters. The highest BCUT2D eigenvalue weighted by atomic mass is 35.5. The minimum atomic E-state index is -0.826. The molecule has 8 nitrogen and oxygen atoms in total. The highest BCUT2D eigenvalue weighted by Gasteiger charge is 2.29. The number of aryl methyl sites for hydroxylation is 1. The van der Waals surface area contributed by atoms with E-state index in [1.54, 1.807) is 18.2 Å². The van der Waals surface area contributed by atoms with E-state index in [0.717, 1.165) is 39.6 Å². The molecule has 1 aliphatic carbocycles. The molecule has 4 aromatic rings. The predicted octanol–water partition coefficient (Wildman–Crippen LogP) is 5.50. The van der Waals surface area contributed by atoms with Gasteiger partial charge in [0.05, 0.1) is 0 Å². The Morgan fingerprint density at radius 3 is 2.33 bits per heavy atom. The van der Waals surface area contributed by atoms with Crippen molar-refractivity contribution in [3.05, 3.63) is 99.9 Å². The van der Waals surface area contributed by atoms with Crippen molar-refractivity contribution in [3.63, 3.8) is 0 Å². The molecule has 0 radical (unpaired) electrons. The summed E-state index contributed by atoms with van der Waals surface area (Å²) in [6.07, 6.45) is 1.11. The Morgan fingerprint density at radius 2 is 1.65 bits per heavy atom. The van der Waals surface area contributed by atoms with Crippen molar-refractivity contribution in [3.8, 4) is 11.1 Å². The lowest BCUT2D eigenvalue weighted by molar-refractivity contribution is -0.118. The van der Waals surface area contributed by atoms with Crippen LogP contribution in [0.1, 0.15) is 41.9 Å². The van der Waals surface area contributed by atoms with Crippen LogP contribution in [0.3, 0.4) is 0 Å². The van der Waals surface area contributed by atoms with Crippen LogP contribution >= 0.6 is 12.4 Å². The second-order valence-corrected chi connectivity index (χ2v) is 9.76. The highest BCUT2D eigenvalue weighted by molar-refractivity contribution is 5.98. The molecule has 0 saturated carbocycles. The Hall–Kier alpha value is -4.14. The lowest BCUT2D eigenvalue weighted by atomic mass is 9.98. The highest BCUT2D eigenvalue weighted by Crippen LogP contribution is 2.44. The topological polar surface area (TPSA) is 124 Å². The van der Waals surface area contributed by atoms with Crippen molar-refractivity contribution in [1.82, 2.24) is 5.32 Å². The maximum Gasteiger partial charge on any atom is 0.407 e. The van der Waals surface area contributed by atoms with Crippen LogP contribution in [0.15, 0.2) is 82.0 Å². The maximum absolute atomic E-state index is 13.2. The largest absolute Gasteiger partial charge is 0.449 e. The van der Waals surface area contributed by atoms with Gasteiger partial charge in [0, 0.05) is 29.1 Å². The molecule has 0 saturated heterocycles. The van der Waals surface area contributed by atoms with E-state index in [0.29, 0.717) is 30.7 Å². The van der Waals surface area contributed by atoms with Gasteiger partial charge in [0.1, 0.15) is 18.2 Å². The summed E-state index contributed by atoms with van der Waals surface area (Å²) in [5, 5.41) is 6.34. The molecular weight excluding hydrogens is 530 g/mol. The van der Waals surface area contributed by atoms with Crippen LogP contribution in [0.5, 0.6) is 0 Å². The van der Waals surface area contributed by atoms with Gasteiger partial charge in [-0.1, -0.05) is 48.5 Å². The van der Waals surface area contributed by atoms with Crippen LogP contribution in [0, 0.1) is 6.92 Å². The number of fused-ring (bicyclic) bond motifs is 4. The number of halogens is 1. The number of nitrogens with two attached hydrogens (primary N) is 1. The number of unbranched alkanes of at least 4 members (excludes halogenated alkanes) is 1. The molecule has 0 bridgehead atoms. The van der Waals surface area contributed by atoms with E-state index in [1.807, 2.05) is 31.2 Å². The molecule has 0 spiro atoms. The SMILES string of the molecule is Cc1cc(=O)oc2cc(NC(=O)[C@H](CCCCN)NC(=O)OCC3c4ccccc4-c4ccccc43)ccc12.Cl. The maximum atomic E-state index is 13.2. The number of amides is 2. The number of carbonyl (C=O) groups is 2. The Kier molecular flexibility index (Phi) is 9.24. The Balaban J connectivity index is 0.00000370. The average molecular weight is 562 g/mol. The van der Waals surface area contributed by atoms with Gasteiger partial charge in [0.15, 0.2) is 0 Å².